The van der Waals surface area contributed by atoms with Gasteiger partial charge in [-0.2, -0.15) is 0 Å². The first-order valence-electron chi connectivity index (χ1n) is 20.2. The third-order valence-electron chi connectivity index (χ3n) is 8.40. The van der Waals surface area contributed by atoms with E-state index >= 15 is 0 Å². The summed E-state index contributed by atoms with van der Waals surface area (Å²) in [5.41, 5.74) is 0. The summed E-state index contributed by atoms with van der Waals surface area (Å²) in [7, 11) is 1.12. The summed E-state index contributed by atoms with van der Waals surface area (Å²) >= 11 is 0. The highest BCUT2D eigenvalue weighted by Gasteiger charge is 2.21. The summed E-state index contributed by atoms with van der Waals surface area (Å²) in [6, 6.07) is 0. The van der Waals surface area contributed by atoms with E-state index in [-0.39, 0.29) is 26.1 Å². The molecule has 0 spiro atoms. The third kappa shape index (κ3) is 37.8. The van der Waals surface area contributed by atoms with Crippen LogP contribution in [0.1, 0.15) is 162 Å². The first kappa shape index (κ1) is 49.2. The van der Waals surface area contributed by atoms with Gasteiger partial charge in [0.25, 0.3) is 7.82 Å². The van der Waals surface area contributed by atoms with Gasteiger partial charge < -0.3 is 27.9 Å². The Hall–Kier alpha value is -1.77. The van der Waals surface area contributed by atoms with Crippen molar-refractivity contribution in [1.29, 1.82) is 0 Å². The Morgan fingerprint density at radius 2 is 1.10 bits per heavy atom. The minimum Gasteiger partial charge on any atom is -0.756 e. The van der Waals surface area contributed by atoms with Crippen molar-refractivity contribution in [3.63, 3.8) is 0 Å². The molecule has 0 aromatic heterocycles. The Labute approximate surface area is 312 Å². The van der Waals surface area contributed by atoms with Gasteiger partial charge in [0.05, 0.1) is 27.7 Å². The predicted molar refractivity (Wildman–Crippen MR) is 208 cm³/mol. The Morgan fingerprint density at radius 3 is 1.65 bits per heavy atom. The number of nitrogens with zero attached hydrogens (tertiary/aromatic N) is 1. The molecule has 0 bridgehead atoms. The van der Waals surface area contributed by atoms with Crippen molar-refractivity contribution in [2.45, 2.75) is 168 Å². The van der Waals surface area contributed by atoms with Crippen LogP contribution in [-0.2, 0) is 32.7 Å². The van der Waals surface area contributed by atoms with E-state index in [0.29, 0.717) is 23.9 Å². The zero-order chi connectivity index (χ0) is 37.9. The molecule has 0 aliphatic heterocycles. The first-order chi connectivity index (χ1) is 24.5. The number of carbonyl (C=O) groups excluding carboxylic acids is 2. The lowest BCUT2D eigenvalue weighted by Crippen LogP contribution is -2.37. The number of esters is 2. The summed E-state index contributed by atoms with van der Waals surface area (Å²) in [6.07, 6.45) is 36.2. The van der Waals surface area contributed by atoms with Crippen LogP contribution in [0.3, 0.4) is 0 Å². The molecule has 0 aliphatic rings. The van der Waals surface area contributed by atoms with Crippen LogP contribution in [0.25, 0.3) is 0 Å². The molecule has 298 valence electrons. The van der Waals surface area contributed by atoms with Gasteiger partial charge >= 0.3 is 11.9 Å². The highest BCUT2D eigenvalue weighted by molar-refractivity contribution is 7.45. The fraction of sp³-hybridized carbons (Fsp3) is 0.805. The number of rotatable bonds is 36. The van der Waals surface area contributed by atoms with E-state index in [1.165, 1.54) is 83.5 Å². The minimum absolute atomic E-state index is 0.0424. The minimum atomic E-state index is -4.63. The van der Waals surface area contributed by atoms with Crippen LogP contribution in [0.4, 0.5) is 0 Å². The molecule has 0 amide bonds. The number of allylic oxidation sites excluding steroid dienone is 6. The Kier molecular flexibility index (Phi) is 32.8. The summed E-state index contributed by atoms with van der Waals surface area (Å²) in [5.74, 6) is -0.933. The van der Waals surface area contributed by atoms with E-state index in [9.17, 15) is 19.0 Å². The normalized spacial score (nSPS) is 14.1. The molecule has 9 nitrogen and oxygen atoms in total. The van der Waals surface area contributed by atoms with E-state index in [0.717, 1.165) is 38.5 Å². The molecule has 0 saturated heterocycles. The quantitative estimate of drug-likeness (QED) is 0.0205. The monoisotopic (exact) mass is 742 g/mol. The molecule has 0 aromatic carbocycles. The van der Waals surface area contributed by atoms with Gasteiger partial charge in [-0.05, 0) is 57.8 Å². The Bertz CT molecular complexity index is 975. The Morgan fingerprint density at radius 1 is 0.608 bits per heavy atom. The second-order valence-electron chi connectivity index (χ2n) is 14.6. The number of hydrogen-bond donors (Lipinski definition) is 0. The van der Waals surface area contributed by atoms with E-state index in [2.05, 4.69) is 38.2 Å². The average Bonchev–Trinajstić information content (AvgIpc) is 3.07. The maximum Gasteiger partial charge on any atom is 0.306 e. The smallest absolute Gasteiger partial charge is 0.306 e. The van der Waals surface area contributed by atoms with Crippen molar-refractivity contribution >= 4 is 19.8 Å². The maximum absolute atomic E-state index is 12.6. The van der Waals surface area contributed by atoms with Crippen LogP contribution in [0.15, 0.2) is 36.5 Å². The highest BCUT2D eigenvalue weighted by Crippen LogP contribution is 2.38. The molecule has 0 fully saturated rings. The Balaban J connectivity index is 4.52. The van der Waals surface area contributed by atoms with Crippen LogP contribution >= 0.6 is 7.82 Å². The molecule has 0 rings (SSSR count). The molecule has 51 heavy (non-hydrogen) atoms. The number of unbranched alkanes of at least 4 members (excludes halogenated alkanes) is 16. The average molecular weight is 742 g/mol. The van der Waals surface area contributed by atoms with Crippen molar-refractivity contribution in [3.05, 3.63) is 36.5 Å². The van der Waals surface area contributed by atoms with E-state index in [1.807, 2.05) is 33.3 Å². The van der Waals surface area contributed by atoms with Crippen LogP contribution in [0.5, 0.6) is 0 Å². The summed E-state index contributed by atoms with van der Waals surface area (Å²) in [6.45, 7) is 4.11. The number of phosphoric ester groups is 1. The van der Waals surface area contributed by atoms with Crippen molar-refractivity contribution < 1.29 is 42.1 Å². The van der Waals surface area contributed by atoms with Gasteiger partial charge in [0, 0.05) is 12.8 Å². The number of hydrogen-bond acceptors (Lipinski definition) is 8. The number of likely N-dealkylation sites (N-methyl/N-ethyl adjacent to an activating group) is 1. The van der Waals surface area contributed by atoms with E-state index < -0.39 is 32.5 Å². The van der Waals surface area contributed by atoms with Crippen LogP contribution in [0.2, 0.25) is 0 Å². The van der Waals surface area contributed by atoms with Crippen molar-refractivity contribution in [1.82, 2.24) is 0 Å². The van der Waals surface area contributed by atoms with Gasteiger partial charge in [-0.1, -0.05) is 127 Å². The summed E-state index contributed by atoms with van der Waals surface area (Å²) in [4.78, 5) is 37.3. The molecule has 2 unspecified atom stereocenters. The van der Waals surface area contributed by atoms with E-state index in [1.54, 1.807) is 0 Å². The third-order valence-corrected chi connectivity index (χ3v) is 9.36. The molecule has 2 atom stereocenters. The van der Waals surface area contributed by atoms with Crippen molar-refractivity contribution in [2.24, 2.45) is 0 Å². The van der Waals surface area contributed by atoms with Gasteiger partial charge in [0.2, 0.25) is 0 Å². The number of ether oxygens (including phenoxy) is 2. The molecule has 0 N–H and O–H groups in total. The zero-order valence-corrected chi connectivity index (χ0v) is 34.2. The fourth-order valence-corrected chi connectivity index (χ4v) is 5.90. The first-order valence-corrected chi connectivity index (χ1v) is 21.7. The summed E-state index contributed by atoms with van der Waals surface area (Å²) in [5, 5.41) is 0. The van der Waals surface area contributed by atoms with Crippen LogP contribution in [-0.4, -0.2) is 70.0 Å². The molecule has 10 heteroatoms. The van der Waals surface area contributed by atoms with Gasteiger partial charge in [0.15, 0.2) is 6.10 Å². The van der Waals surface area contributed by atoms with Gasteiger partial charge in [-0.3, -0.25) is 14.2 Å². The van der Waals surface area contributed by atoms with Crippen molar-refractivity contribution in [3.8, 4) is 0 Å². The topological polar surface area (TPSA) is 111 Å². The predicted octanol–water partition coefficient (Wildman–Crippen LogP) is 10.3. The standard InChI is InChI=1S/C41H76NO8P/c1-6-8-10-12-14-16-18-20-22-23-25-27-29-31-33-40(43)47-37-39(38-49-51(45,46)48-36-35-42(3,4)5)50-41(44)34-32-30-28-26-24-21-19-17-15-13-11-9-7-2/h21-24,28,30,39H,6-20,25-27,29,31-38H2,1-5H3/b23-22+,24-21+,30-28+. The molecule has 0 saturated carbocycles. The van der Waals surface area contributed by atoms with Crippen LogP contribution < -0.4 is 4.89 Å². The van der Waals surface area contributed by atoms with Gasteiger partial charge in [-0.25, -0.2) is 0 Å². The SMILES string of the molecule is CCCCCCCC/C=C/C/C=C/CCC(=O)OC(COC(=O)CCCCC/C=C/CCCCCCCCC)COP(=O)([O-])OCC[N+](C)(C)C. The molecule has 0 radical (unpaired) electrons. The number of phosphoric acid groups is 1. The second kappa shape index (κ2) is 34.0. The molecular formula is C41H76NO8P. The number of quaternary nitrogens is 1. The highest BCUT2D eigenvalue weighted by atomic mass is 31.2. The second-order valence-corrected chi connectivity index (χ2v) is 16.1. The molecular weight excluding hydrogens is 665 g/mol. The lowest BCUT2D eigenvalue weighted by Gasteiger charge is -2.28. The van der Waals surface area contributed by atoms with Gasteiger partial charge in [0.1, 0.15) is 19.8 Å². The largest absolute Gasteiger partial charge is 0.756 e. The number of carbonyl (C=O) groups is 2. The van der Waals surface area contributed by atoms with Gasteiger partial charge in [-0.15, -0.1) is 0 Å². The lowest BCUT2D eigenvalue weighted by molar-refractivity contribution is -0.870. The maximum atomic E-state index is 12.6. The van der Waals surface area contributed by atoms with E-state index in [4.69, 9.17) is 18.5 Å². The van der Waals surface area contributed by atoms with Crippen molar-refractivity contribution in [2.75, 3.05) is 47.5 Å². The van der Waals surface area contributed by atoms with Crippen LogP contribution in [0, 0.1) is 0 Å². The molecule has 0 heterocycles. The zero-order valence-electron chi connectivity index (χ0n) is 33.3. The fourth-order valence-electron chi connectivity index (χ4n) is 5.17. The summed E-state index contributed by atoms with van der Waals surface area (Å²) < 4.78 is 33.7. The molecule has 0 aromatic rings. The molecule has 0 aliphatic carbocycles. The lowest BCUT2D eigenvalue weighted by atomic mass is 10.1.